The second-order valence-corrected chi connectivity index (χ2v) is 4.95. The van der Waals surface area contributed by atoms with Gasteiger partial charge in [0, 0.05) is 26.3 Å². The Morgan fingerprint density at radius 3 is 2.68 bits per heavy atom. The molecule has 0 aliphatic heterocycles. The monoisotopic (exact) mass is 264 g/mol. The maximum absolute atomic E-state index is 12.3. The predicted molar refractivity (Wildman–Crippen MR) is 78.8 cm³/mol. The number of aryl methyl sites for hydroxylation is 1. The number of hydrogen-bond donors (Lipinski definition) is 1. The van der Waals surface area contributed by atoms with Crippen molar-refractivity contribution in [2.24, 2.45) is 0 Å². The van der Waals surface area contributed by atoms with Gasteiger partial charge in [0.1, 0.15) is 0 Å². The van der Waals surface area contributed by atoms with Crippen molar-refractivity contribution in [3.05, 3.63) is 29.3 Å². The van der Waals surface area contributed by atoms with E-state index in [1.54, 1.807) is 11.9 Å². The van der Waals surface area contributed by atoms with Gasteiger partial charge in [0.05, 0.1) is 18.3 Å². The topological polar surface area (TPSA) is 41.6 Å². The number of hydrogen-bond acceptors (Lipinski definition) is 3. The number of anilines is 1. The molecule has 4 nitrogen and oxygen atoms in total. The number of benzene rings is 1. The number of rotatable bonds is 6. The minimum atomic E-state index is 0.0108. The smallest absolute Gasteiger partial charge is 0.255 e. The second kappa shape index (κ2) is 7.14. The first-order chi connectivity index (χ1) is 8.95. The van der Waals surface area contributed by atoms with Crippen molar-refractivity contribution in [3.63, 3.8) is 0 Å². The van der Waals surface area contributed by atoms with Crippen LogP contribution in [-0.4, -0.2) is 44.2 Å². The Kier molecular flexibility index (Phi) is 5.83. The molecule has 1 N–H and O–H groups in total. The fraction of sp³-hybridized carbons (Fsp3) is 0.533. The quantitative estimate of drug-likeness (QED) is 0.858. The van der Waals surface area contributed by atoms with E-state index < -0.39 is 0 Å². The van der Waals surface area contributed by atoms with E-state index in [0.717, 1.165) is 11.3 Å². The average molecular weight is 264 g/mol. The van der Waals surface area contributed by atoms with Gasteiger partial charge in [-0.05, 0) is 38.5 Å². The molecule has 1 aromatic rings. The number of likely N-dealkylation sites (N-methyl/N-ethyl adjacent to an activating group) is 1. The van der Waals surface area contributed by atoms with Crippen LogP contribution < -0.4 is 5.32 Å². The molecule has 0 radical (unpaired) electrons. The zero-order valence-electron chi connectivity index (χ0n) is 12.5. The molecule has 0 fully saturated rings. The summed E-state index contributed by atoms with van der Waals surface area (Å²) in [5.74, 6) is 0.0108. The number of ether oxygens (including phenoxy) is 1. The Labute approximate surface area is 115 Å². The summed E-state index contributed by atoms with van der Waals surface area (Å²) in [6, 6.07) is 5.79. The van der Waals surface area contributed by atoms with Crippen molar-refractivity contribution in [1.82, 2.24) is 4.90 Å². The minimum Gasteiger partial charge on any atom is -0.387 e. The van der Waals surface area contributed by atoms with Gasteiger partial charge in [0.25, 0.3) is 5.91 Å². The molecule has 0 saturated carbocycles. The van der Waals surface area contributed by atoms with E-state index in [-0.39, 0.29) is 12.0 Å². The highest BCUT2D eigenvalue weighted by Gasteiger charge is 2.15. The number of amides is 1. The van der Waals surface area contributed by atoms with Gasteiger partial charge in [-0.15, -0.1) is 0 Å². The number of carbonyl (C=O) groups is 1. The van der Waals surface area contributed by atoms with Crippen molar-refractivity contribution in [2.75, 3.05) is 32.6 Å². The van der Waals surface area contributed by atoms with Crippen LogP contribution in [0.4, 0.5) is 5.69 Å². The summed E-state index contributed by atoms with van der Waals surface area (Å²) in [7, 11) is 3.62. The zero-order valence-corrected chi connectivity index (χ0v) is 12.5. The van der Waals surface area contributed by atoms with Gasteiger partial charge in [-0.2, -0.15) is 0 Å². The van der Waals surface area contributed by atoms with E-state index >= 15 is 0 Å². The van der Waals surface area contributed by atoms with Crippen LogP contribution >= 0.6 is 0 Å². The summed E-state index contributed by atoms with van der Waals surface area (Å²) in [4.78, 5) is 14.0. The van der Waals surface area contributed by atoms with Gasteiger partial charge in [0.15, 0.2) is 0 Å². The molecule has 0 heterocycles. The highest BCUT2D eigenvalue weighted by molar-refractivity contribution is 5.99. The van der Waals surface area contributed by atoms with E-state index in [2.05, 4.69) is 5.32 Å². The fourth-order valence-electron chi connectivity index (χ4n) is 1.78. The normalized spacial score (nSPS) is 10.6. The first-order valence-corrected chi connectivity index (χ1v) is 6.61. The SMILES string of the molecule is CNc1cc(C)ccc1C(=O)N(C)CCOC(C)C. The highest BCUT2D eigenvalue weighted by Crippen LogP contribution is 2.18. The van der Waals surface area contributed by atoms with Crippen LogP contribution in [0.5, 0.6) is 0 Å². The first kappa shape index (κ1) is 15.5. The molecule has 1 amide bonds. The van der Waals surface area contributed by atoms with Crippen LogP contribution in [0, 0.1) is 6.92 Å². The molecule has 19 heavy (non-hydrogen) atoms. The molecule has 0 aliphatic rings. The molecule has 4 heteroatoms. The Bertz CT molecular complexity index is 430. The summed E-state index contributed by atoms with van der Waals surface area (Å²) in [5, 5.41) is 3.07. The Morgan fingerprint density at radius 1 is 1.42 bits per heavy atom. The number of nitrogens with one attached hydrogen (secondary N) is 1. The third-order valence-corrected chi connectivity index (χ3v) is 2.90. The third-order valence-electron chi connectivity index (χ3n) is 2.90. The van der Waals surface area contributed by atoms with Crippen molar-refractivity contribution in [2.45, 2.75) is 26.9 Å². The van der Waals surface area contributed by atoms with Crippen molar-refractivity contribution < 1.29 is 9.53 Å². The highest BCUT2D eigenvalue weighted by atomic mass is 16.5. The second-order valence-electron chi connectivity index (χ2n) is 4.95. The van der Waals surface area contributed by atoms with Crippen LogP contribution in [0.3, 0.4) is 0 Å². The molecule has 0 atom stereocenters. The predicted octanol–water partition coefficient (Wildman–Crippen LogP) is 2.53. The summed E-state index contributed by atoms with van der Waals surface area (Å²) in [6.45, 7) is 7.13. The van der Waals surface area contributed by atoms with E-state index in [9.17, 15) is 4.79 Å². The lowest BCUT2D eigenvalue weighted by atomic mass is 10.1. The molecule has 0 spiro atoms. The molecule has 1 aromatic carbocycles. The molecular weight excluding hydrogens is 240 g/mol. The largest absolute Gasteiger partial charge is 0.387 e. The van der Waals surface area contributed by atoms with Crippen molar-refractivity contribution in [1.29, 1.82) is 0 Å². The maximum Gasteiger partial charge on any atom is 0.255 e. The lowest BCUT2D eigenvalue weighted by Crippen LogP contribution is -2.31. The molecule has 0 bridgehead atoms. The summed E-state index contributed by atoms with van der Waals surface area (Å²) < 4.78 is 5.46. The molecule has 106 valence electrons. The lowest BCUT2D eigenvalue weighted by Gasteiger charge is -2.20. The first-order valence-electron chi connectivity index (χ1n) is 6.61. The lowest BCUT2D eigenvalue weighted by molar-refractivity contribution is 0.0532. The maximum atomic E-state index is 12.3. The number of carbonyl (C=O) groups excluding carboxylic acids is 1. The van der Waals surface area contributed by atoms with Crippen LogP contribution in [0.25, 0.3) is 0 Å². The van der Waals surface area contributed by atoms with Crippen LogP contribution in [-0.2, 0) is 4.74 Å². The van der Waals surface area contributed by atoms with Crippen molar-refractivity contribution >= 4 is 11.6 Å². The standard InChI is InChI=1S/C15H24N2O2/c1-11(2)19-9-8-17(5)15(18)13-7-6-12(3)10-14(13)16-4/h6-7,10-11,16H,8-9H2,1-5H3. The summed E-state index contributed by atoms with van der Waals surface area (Å²) in [6.07, 6.45) is 0.191. The average Bonchev–Trinajstić information content (AvgIpc) is 2.37. The van der Waals surface area contributed by atoms with E-state index in [1.807, 2.05) is 46.0 Å². The van der Waals surface area contributed by atoms with Gasteiger partial charge >= 0.3 is 0 Å². The minimum absolute atomic E-state index is 0.0108. The molecule has 0 aromatic heterocycles. The number of nitrogens with zero attached hydrogens (tertiary/aromatic N) is 1. The van der Waals surface area contributed by atoms with Gasteiger partial charge in [-0.1, -0.05) is 6.07 Å². The summed E-state index contributed by atoms with van der Waals surface area (Å²) >= 11 is 0. The Hall–Kier alpha value is -1.55. The third kappa shape index (κ3) is 4.56. The summed E-state index contributed by atoms with van der Waals surface area (Å²) in [5.41, 5.74) is 2.69. The van der Waals surface area contributed by atoms with Gasteiger partial charge in [-0.3, -0.25) is 4.79 Å². The van der Waals surface area contributed by atoms with E-state index in [0.29, 0.717) is 18.7 Å². The van der Waals surface area contributed by atoms with E-state index in [4.69, 9.17) is 4.74 Å². The van der Waals surface area contributed by atoms with Gasteiger partial charge in [0.2, 0.25) is 0 Å². The Balaban J connectivity index is 2.71. The van der Waals surface area contributed by atoms with Crippen LogP contribution in [0.1, 0.15) is 29.8 Å². The molecule has 1 rings (SSSR count). The Morgan fingerprint density at radius 2 is 2.11 bits per heavy atom. The van der Waals surface area contributed by atoms with Crippen LogP contribution in [0.2, 0.25) is 0 Å². The fourth-order valence-corrected chi connectivity index (χ4v) is 1.78. The molecule has 0 saturated heterocycles. The van der Waals surface area contributed by atoms with Crippen molar-refractivity contribution in [3.8, 4) is 0 Å². The zero-order chi connectivity index (χ0) is 14.4. The molecule has 0 unspecified atom stereocenters. The van der Waals surface area contributed by atoms with Gasteiger partial charge < -0.3 is 15.0 Å². The molecule has 0 aliphatic carbocycles. The van der Waals surface area contributed by atoms with Gasteiger partial charge in [-0.25, -0.2) is 0 Å². The van der Waals surface area contributed by atoms with Crippen LogP contribution in [0.15, 0.2) is 18.2 Å². The molecular formula is C15H24N2O2. The van der Waals surface area contributed by atoms with E-state index in [1.165, 1.54) is 0 Å².